The lowest BCUT2D eigenvalue weighted by atomic mass is 10.8. The summed E-state index contributed by atoms with van der Waals surface area (Å²) in [6, 6.07) is 0. The van der Waals surface area contributed by atoms with Crippen LogP contribution in [0.4, 0.5) is 0 Å². The lowest BCUT2D eigenvalue weighted by Gasteiger charge is -1.96. The minimum Gasteiger partial charge on any atom is -0.252 e. The number of primary sulfonamides is 1. The highest BCUT2D eigenvalue weighted by molar-refractivity contribution is 7.89. The molecule has 0 fully saturated rings. The van der Waals surface area contributed by atoms with E-state index in [9.17, 15) is 8.42 Å². The van der Waals surface area contributed by atoms with Crippen LogP contribution >= 0.6 is 0 Å². The molecule has 0 saturated carbocycles. The van der Waals surface area contributed by atoms with Gasteiger partial charge in [0.25, 0.3) is 0 Å². The van der Waals surface area contributed by atoms with Crippen LogP contribution in [-0.2, 0) is 16.6 Å². The van der Waals surface area contributed by atoms with Crippen molar-refractivity contribution in [2.75, 3.05) is 5.75 Å². The standard InChI is InChI=1S/C4H8N4O2S/c5-11(9,10)2-1-8-4-6-3-7-8/h3-4H,1-2H2,(H2,5,9,10). The molecular formula is C4H8N4O2S. The molecule has 0 atom stereocenters. The fourth-order valence-corrected chi connectivity index (χ4v) is 1.01. The quantitative estimate of drug-likeness (QED) is 0.611. The second-order valence-corrected chi connectivity index (χ2v) is 3.76. The summed E-state index contributed by atoms with van der Waals surface area (Å²) < 4.78 is 22.3. The van der Waals surface area contributed by atoms with E-state index in [1.165, 1.54) is 17.3 Å². The van der Waals surface area contributed by atoms with Gasteiger partial charge in [-0.3, -0.25) is 4.68 Å². The second kappa shape index (κ2) is 2.97. The number of hydrogen-bond acceptors (Lipinski definition) is 4. The highest BCUT2D eigenvalue weighted by Crippen LogP contribution is 1.83. The molecule has 0 aliphatic carbocycles. The van der Waals surface area contributed by atoms with Gasteiger partial charge in [-0.25, -0.2) is 18.5 Å². The molecule has 2 N–H and O–H groups in total. The summed E-state index contributed by atoms with van der Waals surface area (Å²) in [6.07, 6.45) is 2.77. The number of aromatic nitrogens is 3. The topological polar surface area (TPSA) is 90.9 Å². The predicted molar refractivity (Wildman–Crippen MR) is 38.0 cm³/mol. The fraction of sp³-hybridized carbons (Fsp3) is 0.500. The van der Waals surface area contributed by atoms with Crippen LogP contribution in [0.1, 0.15) is 0 Å². The van der Waals surface area contributed by atoms with Crippen LogP contribution < -0.4 is 5.14 Å². The summed E-state index contributed by atoms with van der Waals surface area (Å²) in [7, 11) is -3.39. The van der Waals surface area contributed by atoms with Gasteiger partial charge < -0.3 is 0 Å². The molecule has 11 heavy (non-hydrogen) atoms. The Morgan fingerprint density at radius 2 is 2.27 bits per heavy atom. The smallest absolute Gasteiger partial charge is 0.210 e. The summed E-state index contributed by atoms with van der Waals surface area (Å²) in [4.78, 5) is 3.64. The van der Waals surface area contributed by atoms with Crippen molar-refractivity contribution in [3.05, 3.63) is 12.7 Å². The van der Waals surface area contributed by atoms with Crippen LogP contribution in [0.3, 0.4) is 0 Å². The third-order valence-corrected chi connectivity index (χ3v) is 1.82. The molecule has 0 bridgehead atoms. The van der Waals surface area contributed by atoms with Crippen molar-refractivity contribution in [2.45, 2.75) is 6.54 Å². The van der Waals surface area contributed by atoms with Gasteiger partial charge in [-0.15, -0.1) is 0 Å². The van der Waals surface area contributed by atoms with E-state index in [0.29, 0.717) is 0 Å². The maximum Gasteiger partial charge on any atom is 0.210 e. The van der Waals surface area contributed by atoms with Crippen molar-refractivity contribution in [1.29, 1.82) is 0 Å². The van der Waals surface area contributed by atoms with Gasteiger partial charge in [0.1, 0.15) is 12.7 Å². The van der Waals surface area contributed by atoms with Crippen LogP contribution in [0.15, 0.2) is 12.7 Å². The monoisotopic (exact) mass is 176 g/mol. The van der Waals surface area contributed by atoms with E-state index >= 15 is 0 Å². The largest absolute Gasteiger partial charge is 0.252 e. The summed E-state index contributed by atoms with van der Waals surface area (Å²) >= 11 is 0. The Labute approximate surface area is 64.1 Å². The number of rotatable bonds is 3. The van der Waals surface area contributed by atoms with Crippen molar-refractivity contribution < 1.29 is 8.42 Å². The minimum atomic E-state index is -3.39. The Hall–Kier alpha value is -0.950. The van der Waals surface area contributed by atoms with E-state index in [1.807, 2.05) is 0 Å². The van der Waals surface area contributed by atoms with Gasteiger partial charge in [0.15, 0.2) is 0 Å². The lowest BCUT2D eigenvalue weighted by molar-refractivity contribution is 0.582. The van der Waals surface area contributed by atoms with Gasteiger partial charge in [0.2, 0.25) is 10.0 Å². The van der Waals surface area contributed by atoms with E-state index in [4.69, 9.17) is 5.14 Å². The molecule has 0 amide bonds. The number of nitrogens with zero attached hydrogens (tertiary/aromatic N) is 3. The van der Waals surface area contributed by atoms with Crippen LogP contribution in [0.2, 0.25) is 0 Å². The van der Waals surface area contributed by atoms with Crippen LogP contribution in [0.5, 0.6) is 0 Å². The molecule has 1 rings (SSSR count). The SMILES string of the molecule is NS(=O)(=O)CCn1cncn1. The summed E-state index contributed by atoms with van der Waals surface area (Å²) in [6.45, 7) is 0.249. The molecule has 0 radical (unpaired) electrons. The number of nitrogens with two attached hydrogens (primary N) is 1. The van der Waals surface area contributed by atoms with Crippen molar-refractivity contribution >= 4 is 10.0 Å². The molecule has 0 spiro atoms. The van der Waals surface area contributed by atoms with Crippen LogP contribution in [0.25, 0.3) is 0 Å². The molecule has 0 saturated heterocycles. The molecule has 7 heteroatoms. The van der Waals surface area contributed by atoms with Crippen molar-refractivity contribution in [1.82, 2.24) is 14.8 Å². The van der Waals surface area contributed by atoms with E-state index in [-0.39, 0.29) is 12.3 Å². The first-order chi connectivity index (χ1) is 5.08. The second-order valence-electron chi connectivity index (χ2n) is 2.03. The third kappa shape index (κ3) is 3.10. The van der Waals surface area contributed by atoms with Crippen LogP contribution in [-0.4, -0.2) is 28.9 Å². The zero-order valence-corrected chi connectivity index (χ0v) is 6.53. The molecule has 1 heterocycles. The van der Waals surface area contributed by atoms with Gasteiger partial charge in [-0.05, 0) is 0 Å². The molecule has 1 aromatic rings. The zero-order chi connectivity index (χ0) is 8.32. The number of hydrogen-bond donors (Lipinski definition) is 1. The molecule has 0 aliphatic rings. The zero-order valence-electron chi connectivity index (χ0n) is 5.71. The lowest BCUT2D eigenvalue weighted by Crippen LogP contribution is -2.20. The van der Waals surface area contributed by atoms with Crippen molar-refractivity contribution in [3.8, 4) is 0 Å². The Morgan fingerprint density at radius 1 is 1.55 bits per heavy atom. The Morgan fingerprint density at radius 3 is 2.73 bits per heavy atom. The first-order valence-electron chi connectivity index (χ1n) is 2.91. The Bertz CT molecular complexity index is 303. The molecule has 1 aromatic heterocycles. The predicted octanol–water partition coefficient (Wildman–Crippen LogP) is -1.43. The third-order valence-electron chi connectivity index (χ3n) is 1.07. The van der Waals surface area contributed by atoms with E-state index in [2.05, 4.69) is 10.1 Å². The number of sulfonamides is 1. The van der Waals surface area contributed by atoms with E-state index < -0.39 is 10.0 Å². The minimum absolute atomic E-state index is 0.115. The van der Waals surface area contributed by atoms with Crippen LogP contribution in [0, 0.1) is 0 Å². The van der Waals surface area contributed by atoms with E-state index in [0.717, 1.165) is 0 Å². The molecular weight excluding hydrogens is 168 g/mol. The average molecular weight is 176 g/mol. The van der Waals surface area contributed by atoms with E-state index in [1.54, 1.807) is 0 Å². The number of aryl methyl sites for hydroxylation is 1. The average Bonchev–Trinajstić information content (AvgIpc) is 2.32. The maximum atomic E-state index is 10.4. The molecule has 62 valence electrons. The van der Waals surface area contributed by atoms with Gasteiger partial charge in [0.05, 0.1) is 12.3 Å². The van der Waals surface area contributed by atoms with Crippen molar-refractivity contribution in [3.63, 3.8) is 0 Å². The molecule has 0 aliphatic heterocycles. The van der Waals surface area contributed by atoms with Crippen molar-refractivity contribution in [2.24, 2.45) is 5.14 Å². The summed E-state index contributed by atoms with van der Waals surface area (Å²) in [5, 5.41) is 8.47. The Balaban J connectivity index is 2.48. The molecule has 6 nitrogen and oxygen atoms in total. The summed E-state index contributed by atoms with van der Waals surface area (Å²) in [5.41, 5.74) is 0. The normalized spacial score (nSPS) is 11.7. The Kier molecular flexibility index (Phi) is 2.20. The maximum absolute atomic E-state index is 10.4. The first-order valence-corrected chi connectivity index (χ1v) is 4.62. The molecule has 0 aromatic carbocycles. The fourth-order valence-electron chi connectivity index (χ4n) is 0.569. The van der Waals surface area contributed by atoms with Gasteiger partial charge in [0, 0.05) is 0 Å². The highest BCUT2D eigenvalue weighted by Gasteiger charge is 2.02. The van der Waals surface area contributed by atoms with Gasteiger partial charge in [-0.1, -0.05) is 0 Å². The van der Waals surface area contributed by atoms with Gasteiger partial charge in [-0.2, -0.15) is 5.10 Å². The summed E-state index contributed by atoms with van der Waals surface area (Å²) in [5.74, 6) is -0.115. The molecule has 0 unspecified atom stereocenters. The van der Waals surface area contributed by atoms with Gasteiger partial charge >= 0.3 is 0 Å². The highest BCUT2D eigenvalue weighted by atomic mass is 32.2. The first kappa shape index (κ1) is 8.15.